The molecule has 1 radical (unpaired) electrons. The third-order valence-corrected chi connectivity index (χ3v) is 5.89. The summed E-state index contributed by atoms with van der Waals surface area (Å²) in [6.07, 6.45) is 11.9. The molecule has 3 aliphatic rings. The second-order valence-corrected chi connectivity index (χ2v) is 7.74. The largest absolute Gasteiger partial charge is 0.724 e. The van der Waals surface area contributed by atoms with Crippen LogP contribution < -0.4 is 26.6 Å². The zero-order chi connectivity index (χ0) is 21.2. The number of fused-ring (bicyclic) bond motifs is 2. The van der Waals surface area contributed by atoms with Crippen LogP contribution >= 0.6 is 0 Å². The molecule has 1 saturated heterocycles. The molecule has 0 amide bonds. The Morgan fingerprint density at radius 1 is 0.533 bits per heavy atom. The minimum Gasteiger partial charge on any atom is -0.724 e. The molecule has 9 nitrogen and oxygen atoms in total. The summed E-state index contributed by atoms with van der Waals surface area (Å²) in [6.45, 7) is 6.55. The van der Waals surface area contributed by atoms with Crippen LogP contribution in [0.1, 0.15) is 51.4 Å². The van der Waals surface area contributed by atoms with Crippen LogP contribution in [-0.4, -0.2) is 75.6 Å². The van der Waals surface area contributed by atoms with E-state index in [-0.39, 0.29) is 17.1 Å². The topological polar surface area (TPSA) is 139 Å². The van der Waals surface area contributed by atoms with Gasteiger partial charge in [0.15, 0.2) is 0 Å². The number of rotatable bonds is 0. The van der Waals surface area contributed by atoms with E-state index in [2.05, 4.69) is 26.6 Å². The van der Waals surface area contributed by atoms with Crippen molar-refractivity contribution in [3.05, 3.63) is 10.8 Å². The van der Waals surface area contributed by atoms with Gasteiger partial charge in [-0.3, -0.25) is 9.59 Å². The average Bonchev–Trinajstić information content (AvgIpc) is 2.73. The van der Waals surface area contributed by atoms with Crippen molar-refractivity contribution in [2.75, 3.05) is 39.3 Å². The maximum Gasteiger partial charge on any atom is 0.0221 e. The summed E-state index contributed by atoms with van der Waals surface area (Å²) in [4.78, 5) is 16.5. The van der Waals surface area contributed by atoms with Crippen molar-refractivity contribution >= 4 is 12.2 Å². The van der Waals surface area contributed by atoms with E-state index in [9.17, 15) is 0 Å². The molecule has 2 saturated carbocycles. The summed E-state index contributed by atoms with van der Waals surface area (Å²) in [5.41, 5.74) is 0. The third kappa shape index (κ3) is 12.7. The van der Waals surface area contributed by atoms with Gasteiger partial charge in [-0.25, -0.2) is 0 Å². The molecule has 4 atom stereocenters. The maximum absolute atomic E-state index is 8.24. The van der Waals surface area contributed by atoms with Gasteiger partial charge in [0.05, 0.1) is 0 Å². The molecule has 173 valence electrons. The molecule has 0 bridgehead atoms. The van der Waals surface area contributed by atoms with Crippen molar-refractivity contribution in [1.82, 2.24) is 26.6 Å². The van der Waals surface area contributed by atoms with Crippen molar-refractivity contribution in [3.8, 4) is 0 Å². The van der Waals surface area contributed by atoms with Gasteiger partial charge in [-0.15, -0.1) is 0 Å². The molecule has 5 N–H and O–H groups in total. The minimum atomic E-state index is 0. The Hall–Kier alpha value is -0.921. The van der Waals surface area contributed by atoms with Crippen LogP contribution in [-0.2, 0) is 26.7 Å². The quantitative estimate of drug-likeness (QED) is 0.199. The number of nitrogens with one attached hydrogen (secondary N) is 5. The van der Waals surface area contributed by atoms with Crippen LogP contribution in [0.2, 0.25) is 0 Å². The van der Waals surface area contributed by atoms with Gasteiger partial charge in [-0.05, 0) is 37.8 Å². The number of nitrogens with zero attached hydrogens (tertiary/aromatic N) is 2. The Kier molecular flexibility index (Phi) is 19.4. The first-order valence-corrected chi connectivity index (χ1v) is 10.9. The first kappa shape index (κ1) is 29.1. The fourth-order valence-corrected chi connectivity index (χ4v) is 4.57. The predicted molar refractivity (Wildman–Crippen MR) is 115 cm³/mol. The van der Waals surface area contributed by atoms with E-state index in [0.717, 1.165) is 39.3 Å². The zero-order valence-corrected chi connectivity index (χ0v) is 19.0. The summed E-state index contributed by atoms with van der Waals surface area (Å²) in [5, 5.41) is 32.3. The fourth-order valence-electron chi connectivity index (χ4n) is 4.57. The molecular formula is C20H37MnN7O2-2. The van der Waals surface area contributed by atoms with Gasteiger partial charge in [0, 0.05) is 80.5 Å². The number of hydrogen-bond acceptors (Lipinski definition) is 7. The van der Waals surface area contributed by atoms with Gasteiger partial charge in [-0.2, -0.15) is 0 Å². The molecule has 0 aromatic rings. The minimum absolute atomic E-state index is 0. The molecule has 1 aliphatic heterocycles. The maximum atomic E-state index is 8.24. The molecule has 3 unspecified atom stereocenters. The summed E-state index contributed by atoms with van der Waals surface area (Å²) < 4.78 is 0. The van der Waals surface area contributed by atoms with E-state index >= 15 is 0 Å². The molecule has 3 rings (SSSR count). The van der Waals surface area contributed by atoms with Crippen molar-refractivity contribution in [1.29, 1.82) is 0 Å². The average molecular weight is 463 g/mol. The van der Waals surface area contributed by atoms with Crippen molar-refractivity contribution in [2.24, 2.45) is 0 Å². The number of isocyanates is 2. The van der Waals surface area contributed by atoms with Gasteiger partial charge in [0.25, 0.3) is 0 Å². The normalized spacial score (nSPS) is 30.1. The first-order chi connectivity index (χ1) is 14.3. The molecular weight excluding hydrogens is 425 g/mol. The standard InChI is InChI=1S/C18H37N5.2CNO.Mn/c1-3-7-17-15(5-1)20-11-9-19-10-12-21-16-6-2-4-8-18(16)23-14-13-22-17;2*2-1-3;/h15-23H,1-14H2;;;/q;2*-1;/t15-,16?,17?,18?;;;/m1.../s1. The van der Waals surface area contributed by atoms with E-state index in [1.165, 1.54) is 51.4 Å². The zero-order valence-electron chi connectivity index (χ0n) is 17.8. The second-order valence-electron chi connectivity index (χ2n) is 7.74. The second kappa shape index (κ2) is 20.0. The molecule has 0 spiro atoms. The van der Waals surface area contributed by atoms with Gasteiger partial charge in [0.1, 0.15) is 0 Å². The summed E-state index contributed by atoms with van der Waals surface area (Å²) in [6, 6.07) is 2.65. The van der Waals surface area contributed by atoms with Gasteiger partial charge in [0.2, 0.25) is 0 Å². The van der Waals surface area contributed by atoms with E-state index < -0.39 is 0 Å². The molecule has 30 heavy (non-hydrogen) atoms. The predicted octanol–water partition coefficient (Wildman–Crippen LogP) is 0.351. The van der Waals surface area contributed by atoms with Crippen LogP contribution in [0.25, 0.3) is 10.8 Å². The molecule has 1 heterocycles. The van der Waals surface area contributed by atoms with E-state index in [1.54, 1.807) is 0 Å². The molecule has 0 aromatic heterocycles. The van der Waals surface area contributed by atoms with Crippen LogP contribution in [0.15, 0.2) is 0 Å². The van der Waals surface area contributed by atoms with E-state index in [0.29, 0.717) is 36.3 Å². The van der Waals surface area contributed by atoms with Gasteiger partial charge < -0.3 is 37.4 Å². The van der Waals surface area contributed by atoms with E-state index in [1.807, 2.05) is 0 Å². The molecule has 2 aliphatic carbocycles. The molecule has 3 fully saturated rings. The van der Waals surface area contributed by atoms with Crippen molar-refractivity contribution < 1.29 is 26.7 Å². The van der Waals surface area contributed by atoms with Crippen molar-refractivity contribution in [3.63, 3.8) is 0 Å². The first-order valence-electron chi connectivity index (χ1n) is 10.9. The Labute approximate surface area is 191 Å². The Bertz CT molecular complexity index is 444. The molecule has 0 aromatic carbocycles. The van der Waals surface area contributed by atoms with Crippen molar-refractivity contribution in [2.45, 2.75) is 75.5 Å². The van der Waals surface area contributed by atoms with Crippen LogP contribution in [0.4, 0.5) is 0 Å². The number of carbonyl (C=O) groups excluding carboxylic acids is 2. The Morgan fingerprint density at radius 3 is 1.03 bits per heavy atom. The summed E-state index contributed by atoms with van der Waals surface area (Å²) >= 11 is 0. The Balaban J connectivity index is 0.00000108. The third-order valence-electron chi connectivity index (χ3n) is 5.89. The SMILES string of the molecule is C1CCC2NCCNC3CCCC[C@H]3NCCNCCNC2C1.[Mn].[N-]=C=O.[N-]=C=O. The summed E-state index contributed by atoms with van der Waals surface area (Å²) in [5.74, 6) is 0. The monoisotopic (exact) mass is 462 g/mol. The van der Waals surface area contributed by atoms with Gasteiger partial charge in [-0.1, -0.05) is 25.7 Å². The van der Waals surface area contributed by atoms with Crippen LogP contribution in [0.5, 0.6) is 0 Å². The fraction of sp³-hybridized carbons (Fsp3) is 0.900. The van der Waals surface area contributed by atoms with Crippen LogP contribution in [0.3, 0.4) is 0 Å². The van der Waals surface area contributed by atoms with Crippen LogP contribution in [0, 0.1) is 0 Å². The Morgan fingerprint density at radius 2 is 0.767 bits per heavy atom. The summed E-state index contributed by atoms with van der Waals surface area (Å²) in [7, 11) is 0. The van der Waals surface area contributed by atoms with Gasteiger partial charge >= 0.3 is 0 Å². The van der Waals surface area contributed by atoms with E-state index in [4.69, 9.17) is 20.4 Å². The number of hydrogen-bond donors (Lipinski definition) is 5. The smallest absolute Gasteiger partial charge is 0.0221 e. The molecule has 10 heteroatoms.